The average molecular weight is 576 g/mol. The highest BCUT2D eigenvalue weighted by molar-refractivity contribution is 5.73. The largest absolute Gasteiger partial charge is 0.505 e. The SMILES string of the molecule is Cc1c(OCc2ccccc2)[c]c(O)c(N2Cc3cccc(CN4CCNCC4CCOCCOCCN)c3C2)c1O. The maximum Gasteiger partial charge on any atom is 0.154 e. The fourth-order valence-corrected chi connectivity index (χ4v) is 5.77. The molecule has 5 N–H and O–H groups in total. The number of rotatable bonds is 14. The maximum atomic E-state index is 11.2. The molecule has 0 aromatic heterocycles. The van der Waals surface area contributed by atoms with E-state index >= 15 is 0 Å². The van der Waals surface area contributed by atoms with Crippen molar-refractivity contribution >= 4 is 5.69 Å². The lowest BCUT2D eigenvalue weighted by atomic mass is 10.0. The Morgan fingerprint density at radius 2 is 1.81 bits per heavy atom. The molecule has 225 valence electrons. The number of nitrogens with zero attached hydrogens (tertiary/aromatic N) is 2. The maximum absolute atomic E-state index is 11.2. The van der Waals surface area contributed by atoms with Gasteiger partial charge < -0.3 is 40.4 Å². The third-order valence-corrected chi connectivity index (χ3v) is 8.07. The molecule has 9 nitrogen and oxygen atoms in total. The molecule has 2 heterocycles. The van der Waals surface area contributed by atoms with E-state index in [9.17, 15) is 10.2 Å². The number of piperazine rings is 1. The van der Waals surface area contributed by atoms with E-state index in [-0.39, 0.29) is 11.5 Å². The van der Waals surface area contributed by atoms with Crippen LogP contribution in [0.15, 0.2) is 48.5 Å². The van der Waals surface area contributed by atoms with Crippen LogP contribution in [-0.4, -0.2) is 73.8 Å². The summed E-state index contributed by atoms with van der Waals surface area (Å²) in [5, 5.41) is 25.7. The van der Waals surface area contributed by atoms with Crippen LogP contribution in [0.4, 0.5) is 5.69 Å². The minimum Gasteiger partial charge on any atom is -0.505 e. The molecule has 1 fully saturated rings. The Morgan fingerprint density at radius 3 is 2.62 bits per heavy atom. The van der Waals surface area contributed by atoms with Crippen LogP contribution in [0.3, 0.4) is 0 Å². The molecule has 0 aliphatic carbocycles. The molecule has 1 atom stereocenters. The van der Waals surface area contributed by atoms with Crippen molar-refractivity contribution in [1.82, 2.24) is 10.2 Å². The Labute approximate surface area is 248 Å². The molecule has 2 aliphatic rings. The number of hydrogen-bond donors (Lipinski definition) is 4. The molecule has 3 aromatic rings. The van der Waals surface area contributed by atoms with Crippen LogP contribution < -0.4 is 20.7 Å². The molecule has 1 unspecified atom stereocenters. The number of phenols is 2. The van der Waals surface area contributed by atoms with E-state index in [1.807, 2.05) is 35.2 Å². The topological polar surface area (TPSA) is 113 Å². The summed E-state index contributed by atoms with van der Waals surface area (Å²) in [5.41, 5.74) is 11.2. The average Bonchev–Trinajstić information content (AvgIpc) is 3.44. The summed E-state index contributed by atoms with van der Waals surface area (Å²) in [4.78, 5) is 4.56. The van der Waals surface area contributed by atoms with E-state index in [1.54, 1.807) is 6.92 Å². The lowest BCUT2D eigenvalue weighted by Crippen LogP contribution is -2.51. The van der Waals surface area contributed by atoms with Gasteiger partial charge in [0.05, 0.1) is 25.9 Å². The van der Waals surface area contributed by atoms with Gasteiger partial charge in [0.1, 0.15) is 23.8 Å². The van der Waals surface area contributed by atoms with Gasteiger partial charge in [-0.2, -0.15) is 0 Å². The van der Waals surface area contributed by atoms with Gasteiger partial charge in [0.25, 0.3) is 0 Å². The van der Waals surface area contributed by atoms with E-state index in [2.05, 4.69) is 34.5 Å². The van der Waals surface area contributed by atoms with Crippen LogP contribution in [0.2, 0.25) is 0 Å². The smallest absolute Gasteiger partial charge is 0.154 e. The first-order valence-corrected chi connectivity index (χ1v) is 14.8. The first kappa shape index (κ1) is 30.1. The van der Waals surface area contributed by atoms with Crippen LogP contribution in [0.25, 0.3) is 0 Å². The van der Waals surface area contributed by atoms with Gasteiger partial charge in [-0.3, -0.25) is 4.90 Å². The zero-order chi connectivity index (χ0) is 29.3. The highest BCUT2D eigenvalue weighted by Gasteiger charge is 2.30. The van der Waals surface area contributed by atoms with Gasteiger partial charge >= 0.3 is 0 Å². The van der Waals surface area contributed by atoms with Crippen molar-refractivity contribution in [2.75, 3.05) is 57.5 Å². The number of anilines is 1. The molecule has 0 amide bonds. The summed E-state index contributed by atoms with van der Waals surface area (Å²) < 4.78 is 17.1. The van der Waals surface area contributed by atoms with Crippen LogP contribution in [0.5, 0.6) is 17.2 Å². The lowest BCUT2D eigenvalue weighted by molar-refractivity contribution is 0.0363. The van der Waals surface area contributed by atoms with E-state index in [0.29, 0.717) is 75.7 Å². The summed E-state index contributed by atoms with van der Waals surface area (Å²) >= 11 is 0. The van der Waals surface area contributed by atoms with Crippen LogP contribution in [-0.2, 0) is 35.7 Å². The highest BCUT2D eigenvalue weighted by atomic mass is 16.5. The summed E-state index contributed by atoms with van der Waals surface area (Å²) in [6, 6.07) is 19.6. The van der Waals surface area contributed by atoms with Gasteiger partial charge in [0.15, 0.2) is 5.75 Å². The monoisotopic (exact) mass is 575 g/mol. The number of nitrogens with two attached hydrogens (primary N) is 1. The molecule has 2 aliphatic heterocycles. The Morgan fingerprint density at radius 1 is 1.00 bits per heavy atom. The van der Waals surface area contributed by atoms with Gasteiger partial charge in [-0.1, -0.05) is 48.5 Å². The number of nitrogens with one attached hydrogen (secondary N) is 1. The Balaban J connectivity index is 1.23. The summed E-state index contributed by atoms with van der Waals surface area (Å²) in [6.07, 6.45) is 0.945. The second kappa shape index (κ2) is 14.7. The number of fused-ring (bicyclic) bond motifs is 1. The predicted octanol–water partition coefficient (Wildman–Crippen LogP) is 3.46. The zero-order valence-electron chi connectivity index (χ0n) is 24.5. The molecule has 1 radical (unpaired) electrons. The fourth-order valence-electron chi connectivity index (χ4n) is 5.77. The van der Waals surface area contributed by atoms with E-state index in [4.69, 9.17) is 19.9 Å². The number of aromatic hydroxyl groups is 2. The van der Waals surface area contributed by atoms with E-state index < -0.39 is 0 Å². The van der Waals surface area contributed by atoms with Gasteiger partial charge in [-0.25, -0.2) is 0 Å². The van der Waals surface area contributed by atoms with Gasteiger partial charge in [-0.05, 0) is 35.6 Å². The third-order valence-electron chi connectivity index (χ3n) is 8.07. The molecule has 3 aromatic carbocycles. The molecule has 42 heavy (non-hydrogen) atoms. The second-order valence-electron chi connectivity index (χ2n) is 10.9. The van der Waals surface area contributed by atoms with Crippen molar-refractivity contribution in [3.63, 3.8) is 0 Å². The van der Waals surface area contributed by atoms with Crippen molar-refractivity contribution in [1.29, 1.82) is 0 Å². The van der Waals surface area contributed by atoms with Crippen LogP contribution >= 0.6 is 0 Å². The van der Waals surface area contributed by atoms with Gasteiger partial charge in [0.2, 0.25) is 0 Å². The quantitative estimate of drug-likeness (QED) is 0.215. The van der Waals surface area contributed by atoms with Crippen molar-refractivity contribution in [2.45, 2.75) is 45.6 Å². The summed E-state index contributed by atoms with van der Waals surface area (Å²) in [7, 11) is 0. The number of phenolic OH excluding ortho intramolecular Hbond substituents is 2. The van der Waals surface area contributed by atoms with Crippen molar-refractivity contribution in [3.05, 3.63) is 82.4 Å². The zero-order valence-corrected chi connectivity index (χ0v) is 24.5. The Kier molecular flexibility index (Phi) is 10.6. The van der Waals surface area contributed by atoms with E-state index in [1.165, 1.54) is 16.7 Å². The normalized spacial score (nSPS) is 17.0. The second-order valence-corrected chi connectivity index (χ2v) is 10.9. The Hall–Kier alpha value is -3.34. The van der Waals surface area contributed by atoms with Crippen molar-refractivity contribution in [3.8, 4) is 17.2 Å². The Bertz CT molecular complexity index is 1310. The van der Waals surface area contributed by atoms with Crippen LogP contribution in [0.1, 0.15) is 34.2 Å². The molecule has 1 saturated heterocycles. The minimum absolute atomic E-state index is 0.0271. The lowest BCUT2D eigenvalue weighted by Gasteiger charge is -2.36. The van der Waals surface area contributed by atoms with Crippen molar-refractivity contribution in [2.24, 2.45) is 5.73 Å². The highest BCUT2D eigenvalue weighted by Crippen LogP contribution is 2.46. The predicted molar refractivity (Wildman–Crippen MR) is 163 cm³/mol. The fraction of sp³-hybridized carbons (Fsp3) is 0.455. The molecule has 5 rings (SSSR count). The van der Waals surface area contributed by atoms with Crippen LogP contribution in [0, 0.1) is 13.0 Å². The molecule has 9 heteroatoms. The third kappa shape index (κ3) is 7.35. The molecule has 0 bridgehead atoms. The molecule has 0 spiro atoms. The number of ether oxygens (including phenoxy) is 3. The molecular weight excluding hydrogens is 532 g/mol. The van der Waals surface area contributed by atoms with Gasteiger partial charge in [0, 0.05) is 64.0 Å². The van der Waals surface area contributed by atoms with E-state index in [0.717, 1.165) is 38.2 Å². The minimum atomic E-state index is -0.105. The summed E-state index contributed by atoms with van der Waals surface area (Å²) in [5.74, 6) is 0.275. The van der Waals surface area contributed by atoms with Gasteiger partial charge in [-0.15, -0.1) is 0 Å². The summed E-state index contributed by atoms with van der Waals surface area (Å²) in [6.45, 7) is 9.98. The molecular formula is C33H43N4O5. The first-order valence-electron chi connectivity index (χ1n) is 14.8. The first-order chi connectivity index (χ1) is 20.5. The number of hydrogen-bond acceptors (Lipinski definition) is 9. The number of benzene rings is 3. The standard InChI is InChI=1S/C33H43N4O5/c1-24-31(42-23-25-6-3-2-4-7-25)18-30(38)32(33(24)39)37-21-27-9-5-8-26(29(27)22-37)20-36-13-12-35-19-28(36)10-14-40-16-17-41-15-11-34/h2-9,28,35,38-39H,10-17,19-23,34H2,1H3. The van der Waals surface area contributed by atoms with Crippen molar-refractivity contribution < 1.29 is 24.4 Å². The molecule has 0 saturated carbocycles.